The highest BCUT2D eigenvalue weighted by Gasteiger charge is 2.55. The highest BCUT2D eigenvalue weighted by Crippen LogP contribution is 2.42. The van der Waals surface area contributed by atoms with Crippen molar-refractivity contribution >= 4 is 28.8 Å². The van der Waals surface area contributed by atoms with Crippen molar-refractivity contribution in [3.63, 3.8) is 0 Å². The Bertz CT molecular complexity index is 810. The van der Waals surface area contributed by atoms with Crippen LogP contribution >= 0.6 is 0 Å². The van der Waals surface area contributed by atoms with E-state index in [0.717, 1.165) is 0 Å². The number of carbonyl (C=O) groups excluding carboxylic acids is 1. The number of hydrogen-bond acceptors (Lipinski definition) is 8. The van der Waals surface area contributed by atoms with Crippen molar-refractivity contribution in [3.8, 4) is 0 Å². The smallest absolute Gasteiger partial charge is 0.233 e. The second kappa shape index (κ2) is 6.17. The number of nitrogens with one attached hydrogen (secondary N) is 2. The Morgan fingerprint density at radius 2 is 2.24 bits per heavy atom. The first-order chi connectivity index (χ1) is 11.8. The SMILES string of the molecule is CNc1nc(NC(C)=O)nc2c1ncn2[C@@H]1O[C@H](CO)[C@@H](O)[C@@]1(C)F. The minimum Gasteiger partial charge on any atom is -0.394 e. The lowest BCUT2D eigenvalue weighted by atomic mass is 9.98. The summed E-state index contributed by atoms with van der Waals surface area (Å²) in [5, 5.41) is 24.6. The molecule has 0 aliphatic carbocycles. The minimum absolute atomic E-state index is 0.0175. The summed E-state index contributed by atoms with van der Waals surface area (Å²) in [5.74, 6) is -0.00934. The summed E-state index contributed by atoms with van der Waals surface area (Å²) in [6.45, 7) is 1.96. The molecule has 1 saturated heterocycles. The number of carbonyl (C=O) groups is 1. The van der Waals surface area contributed by atoms with Gasteiger partial charge in [0.2, 0.25) is 11.9 Å². The second-order valence-electron chi connectivity index (χ2n) is 5.96. The maximum atomic E-state index is 15.0. The van der Waals surface area contributed by atoms with Crippen LogP contribution in [0.1, 0.15) is 20.1 Å². The Kier molecular flexibility index (Phi) is 4.31. The average molecular weight is 354 g/mol. The molecule has 1 aliphatic rings. The summed E-state index contributed by atoms with van der Waals surface area (Å²) in [6.07, 6.45) is -2.53. The number of aliphatic hydroxyl groups excluding tert-OH is 2. The van der Waals surface area contributed by atoms with Gasteiger partial charge in [0, 0.05) is 14.0 Å². The number of aromatic nitrogens is 4. The molecule has 0 radical (unpaired) electrons. The van der Waals surface area contributed by atoms with Crippen LogP contribution in [-0.2, 0) is 9.53 Å². The zero-order chi connectivity index (χ0) is 18.4. The minimum atomic E-state index is -2.18. The molecular formula is C14H19FN6O4. The van der Waals surface area contributed by atoms with E-state index in [4.69, 9.17) is 4.74 Å². The molecule has 0 spiro atoms. The average Bonchev–Trinajstić information content (AvgIpc) is 3.06. The summed E-state index contributed by atoms with van der Waals surface area (Å²) in [7, 11) is 1.62. The van der Waals surface area contributed by atoms with Crippen LogP contribution in [0.4, 0.5) is 16.2 Å². The molecule has 136 valence electrons. The number of aliphatic hydroxyl groups is 2. The first-order valence-electron chi connectivity index (χ1n) is 7.62. The van der Waals surface area contributed by atoms with Gasteiger partial charge in [-0.3, -0.25) is 14.7 Å². The lowest BCUT2D eigenvalue weighted by Crippen LogP contribution is -2.40. The molecule has 4 atom stereocenters. The maximum absolute atomic E-state index is 15.0. The number of imidazole rings is 1. The van der Waals surface area contributed by atoms with Gasteiger partial charge in [-0.1, -0.05) is 0 Å². The van der Waals surface area contributed by atoms with Gasteiger partial charge < -0.3 is 20.3 Å². The lowest BCUT2D eigenvalue weighted by molar-refractivity contribution is -0.114. The Morgan fingerprint density at radius 3 is 2.80 bits per heavy atom. The molecule has 10 nitrogen and oxygen atoms in total. The molecule has 0 aromatic carbocycles. The molecule has 1 aliphatic heterocycles. The predicted octanol–water partition coefficient (Wildman–Crippen LogP) is -0.195. The number of nitrogens with zero attached hydrogens (tertiary/aromatic N) is 4. The number of rotatable bonds is 4. The van der Waals surface area contributed by atoms with E-state index in [-0.39, 0.29) is 17.5 Å². The van der Waals surface area contributed by atoms with Crippen molar-refractivity contribution < 1.29 is 24.1 Å². The molecule has 1 amide bonds. The number of halogens is 1. The summed E-state index contributed by atoms with van der Waals surface area (Å²) in [4.78, 5) is 23.8. The van der Waals surface area contributed by atoms with Crippen LogP contribution in [0.3, 0.4) is 0 Å². The zero-order valence-electron chi connectivity index (χ0n) is 13.9. The molecule has 1 fully saturated rings. The van der Waals surface area contributed by atoms with Gasteiger partial charge in [0.25, 0.3) is 0 Å². The van der Waals surface area contributed by atoms with E-state index in [2.05, 4.69) is 25.6 Å². The fraction of sp³-hybridized carbons (Fsp3) is 0.571. The van der Waals surface area contributed by atoms with Crippen molar-refractivity contribution in [2.24, 2.45) is 0 Å². The second-order valence-corrected chi connectivity index (χ2v) is 5.96. The van der Waals surface area contributed by atoms with E-state index in [0.29, 0.717) is 11.3 Å². The van der Waals surface area contributed by atoms with E-state index in [1.165, 1.54) is 24.7 Å². The van der Waals surface area contributed by atoms with Crippen molar-refractivity contribution in [3.05, 3.63) is 6.33 Å². The van der Waals surface area contributed by atoms with E-state index in [9.17, 15) is 15.0 Å². The van der Waals surface area contributed by atoms with Crippen LogP contribution in [0.15, 0.2) is 6.33 Å². The number of fused-ring (bicyclic) bond motifs is 1. The number of ether oxygens (including phenoxy) is 1. The van der Waals surface area contributed by atoms with Gasteiger partial charge in [-0.05, 0) is 6.92 Å². The molecular weight excluding hydrogens is 335 g/mol. The summed E-state index contributed by atoms with van der Waals surface area (Å²) < 4.78 is 21.8. The highest BCUT2D eigenvalue weighted by molar-refractivity contribution is 5.90. The third-order valence-electron chi connectivity index (χ3n) is 4.10. The summed E-state index contributed by atoms with van der Waals surface area (Å²) in [6, 6.07) is 0. The van der Waals surface area contributed by atoms with Gasteiger partial charge in [-0.25, -0.2) is 9.37 Å². The van der Waals surface area contributed by atoms with Crippen molar-refractivity contribution in [2.75, 3.05) is 24.3 Å². The maximum Gasteiger partial charge on any atom is 0.233 e. The standard InChI is InChI=1S/C14H19FN6O4/c1-6(23)18-13-19-10(16-3)8-11(20-13)21(5-17-8)12-14(2,15)9(24)7(4-22)25-12/h5,7,9,12,22,24H,4H2,1-3H3,(H2,16,18,19,20,23)/t7-,9-,12-,14-/m1/s1. The lowest BCUT2D eigenvalue weighted by Gasteiger charge is -2.24. The molecule has 2 aromatic heterocycles. The van der Waals surface area contributed by atoms with Crippen LogP contribution < -0.4 is 10.6 Å². The van der Waals surface area contributed by atoms with Gasteiger partial charge in [0.05, 0.1) is 12.9 Å². The Morgan fingerprint density at radius 1 is 1.52 bits per heavy atom. The van der Waals surface area contributed by atoms with E-state index < -0.39 is 30.7 Å². The van der Waals surface area contributed by atoms with E-state index in [1.807, 2.05) is 0 Å². The fourth-order valence-corrected chi connectivity index (χ4v) is 2.84. The topological polar surface area (TPSA) is 134 Å². The Hall–Kier alpha value is -2.37. The van der Waals surface area contributed by atoms with Crippen molar-refractivity contribution in [1.82, 2.24) is 19.5 Å². The van der Waals surface area contributed by atoms with Crippen LogP contribution in [0.25, 0.3) is 11.2 Å². The van der Waals surface area contributed by atoms with Gasteiger partial charge in [-0.15, -0.1) is 0 Å². The Balaban J connectivity index is 2.12. The molecule has 3 heterocycles. The molecule has 2 aromatic rings. The summed E-state index contributed by atoms with van der Waals surface area (Å²) >= 11 is 0. The Labute approximate surface area is 142 Å². The summed E-state index contributed by atoms with van der Waals surface area (Å²) in [5.41, 5.74) is -1.62. The quantitative estimate of drug-likeness (QED) is 0.593. The molecule has 4 N–H and O–H groups in total. The largest absolute Gasteiger partial charge is 0.394 e. The molecule has 3 rings (SSSR count). The number of amides is 1. The third-order valence-corrected chi connectivity index (χ3v) is 4.10. The van der Waals surface area contributed by atoms with Gasteiger partial charge in [0.1, 0.15) is 12.2 Å². The predicted molar refractivity (Wildman–Crippen MR) is 85.7 cm³/mol. The highest BCUT2D eigenvalue weighted by atomic mass is 19.1. The van der Waals surface area contributed by atoms with Gasteiger partial charge in [-0.2, -0.15) is 9.97 Å². The molecule has 25 heavy (non-hydrogen) atoms. The number of anilines is 2. The normalized spacial score (nSPS) is 29.1. The third kappa shape index (κ3) is 2.79. The van der Waals surface area contributed by atoms with Crippen LogP contribution in [0.2, 0.25) is 0 Å². The number of hydrogen-bond donors (Lipinski definition) is 4. The van der Waals surface area contributed by atoms with Crippen molar-refractivity contribution in [2.45, 2.75) is 38.0 Å². The van der Waals surface area contributed by atoms with Crippen LogP contribution in [0.5, 0.6) is 0 Å². The monoisotopic (exact) mass is 354 g/mol. The van der Waals surface area contributed by atoms with Crippen molar-refractivity contribution in [1.29, 1.82) is 0 Å². The molecule has 0 unspecified atom stereocenters. The molecule has 0 saturated carbocycles. The van der Waals surface area contributed by atoms with E-state index in [1.54, 1.807) is 7.05 Å². The first-order valence-corrected chi connectivity index (χ1v) is 7.62. The van der Waals surface area contributed by atoms with Gasteiger partial charge in [0.15, 0.2) is 28.9 Å². The molecule has 11 heteroatoms. The first kappa shape index (κ1) is 17.5. The zero-order valence-corrected chi connectivity index (χ0v) is 13.9. The van der Waals surface area contributed by atoms with Crippen LogP contribution in [0, 0.1) is 0 Å². The van der Waals surface area contributed by atoms with Gasteiger partial charge >= 0.3 is 0 Å². The fourth-order valence-electron chi connectivity index (χ4n) is 2.84. The molecule has 0 bridgehead atoms. The van der Waals surface area contributed by atoms with Crippen LogP contribution in [-0.4, -0.2) is 67.2 Å². The van der Waals surface area contributed by atoms with E-state index >= 15 is 4.39 Å². The number of alkyl halides is 1.